The van der Waals surface area contributed by atoms with Crippen LogP contribution in [0.1, 0.15) is 40.0 Å². The van der Waals surface area contributed by atoms with Crippen LogP contribution in [0.5, 0.6) is 0 Å². The number of carbonyl (C=O) groups excluding carboxylic acids is 1. The molecule has 5 rings (SSSR count). The normalized spacial score (nSPS) is 12.2. The molecular weight excluding hydrogens is 410 g/mol. The Balaban J connectivity index is 1.72. The zero-order valence-corrected chi connectivity index (χ0v) is 18.8. The topological polar surface area (TPSA) is 85.8 Å². The molecule has 164 valence electrons. The van der Waals surface area contributed by atoms with Crippen LogP contribution in [0.25, 0.3) is 27.9 Å². The van der Waals surface area contributed by atoms with Crippen molar-refractivity contribution < 1.29 is 4.79 Å². The summed E-state index contributed by atoms with van der Waals surface area (Å²) in [6.07, 6.45) is 0. The summed E-state index contributed by atoms with van der Waals surface area (Å²) in [5.74, 6) is 0.0460. The van der Waals surface area contributed by atoms with Gasteiger partial charge in [0.1, 0.15) is 16.9 Å². The van der Waals surface area contributed by atoms with Crippen molar-refractivity contribution in [2.75, 3.05) is 5.73 Å². The molecule has 0 aliphatic heterocycles. The van der Waals surface area contributed by atoms with Crippen molar-refractivity contribution in [3.05, 3.63) is 95.1 Å². The van der Waals surface area contributed by atoms with Crippen LogP contribution in [0.2, 0.25) is 0 Å². The molecule has 0 fully saturated rings. The first-order valence-corrected chi connectivity index (χ1v) is 10.9. The number of aryl methyl sites for hydroxylation is 2. The van der Waals surface area contributed by atoms with Crippen molar-refractivity contribution in [2.24, 2.45) is 0 Å². The van der Waals surface area contributed by atoms with E-state index in [9.17, 15) is 4.79 Å². The Hall–Kier alpha value is -4.19. The second-order valence-corrected chi connectivity index (χ2v) is 8.43. The van der Waals surface area contributed by atoms with Crippen LogP contribution in [0.15, 0.2) is 72.8 Å². The lowest BCUT2D eigenvalue weighted by Crippen LogP contribution is -2.27. The molecule has 3 N–H and O–H groups in total. The number of nitrogens with zero attached hydrogens (tertiary/aromatic N) is 3. The molecule has 0 spiro atoms. The Kier molecular flexibility index (Phi) is 5.05. The highest BCUT2D eigenvalue weighted by Gasteiger charge is 2.26. The summed E-state index contributed by atoms with van der Waals surface area (Å²) in [5.41, 5.74) is 13.6. The van der Waals surface area contributed by atoms with Crippen LogP contribution in [0, 0.1) is 13.8 Å². The number of fused-ring (bicyclic) bond motifs is 2. The standard InChI is InChI=1S/C27H25N5O/c1-16-13-17(2)15-20(14-16)32-25(28)23(27(33)29-18(3)19-9-5-4-6-10-19)24-26(32)31-22-12-8-7-11-21(22)30-24/h4-15,18H,28H2,1-3H3,(H,29,33). The van der Waals surface area contributed by atoms with E-state index in [1.165, 1.54) is 0 Å². The number of aromatic nitrogens is 3. The SMILES string of the molecule is Cc1cc(C)cc(-n2c(N)c(C(=O)NC(C)c3ccccc3)c3nc4ccccc4nc32)c1. The Morgan fingerprint density at radius 1 is 0.909 bits per heavy atom. The van der Waals surface area contributed by atoms with Crippen molar-refractivity contribution in [3.63, 3.8) is 0 Å². The minimum absolute atomic E-state index is 0.189. The van der Waals surface area contributed by atoms with Crippen molar-refractivity contribution in [1.29, 1.82) is 0 Å². The van der Waals surface area contributed by atoms with E-state index in [2.05, 4.69) is 11.4 Å². The number of benzene rings is 3. The molecule has 3 aromatic carbocycles. The first kappa shape index (κ1) is 20.7. The molecule has 0 radical (unpaired) electrons. The van der Waals surface area contributed by atoms with Gasteiger partial charge in [0, 0.05) is 5.69 Å². The number of amides is 1. The molecule has 1 amide bonds. The molecule has 0 saturated heterocycles. The predicted molar refractivity (Wildman–Crippen MR) is 133 cm³/mol. The van der Waals surface area contributed by atoms with E-state index in [4.69, 9.17) is 15.7 Å². The second kappa shape index (κ2) is 8.06. The average molecular weight is 436 g/mol. The molecule has 5 aromatic rings. The molecule has 1 unspecified atom stereocenters. The quantitative estimate of drug-likeness (QED) is 0.403. The fraction of sp³-hybridized carbons (Fsp3) is 0.148. The third kappa shape index (κ3) is 3.69. The molecule has 2 heterocycles. The highest BCUT2D eigenvalue weighted by Crippen LogP contribution is 2.32. The van der Waals surface area contributed by atoms with Gasteiger partial charge in [-0.05, 0) is 61.7 Å². The molecule has 0 bridgehead atoms. The monoisotopic (exact) mass is 435 g/mol. The van der Waals surface area contributed by atoms with Gasteiger partial charge < -0.3 is 11.1 Å². The molecule has 33 heavy (non-hydrogen) atoms. The first-order chi connectivity index (χ1) is 15.9. The highest BCUT2D eigenvalue weighted by atomic mass is 16.1. The van der Waals surface area contributed by atoms with Gasteiger partial charge in [-0.25, -0.2) is 9.97 Å². The Morgan fingerprint density at radius 2 is 1.52 bits per heavy atom. The molecule has 2 aromatic heterocycles. The number of para-hydroxylation sites is 2. The van der Waals surface area contributed by atoms with Crippen LogP contribution in [-0.2, 0) is 0 Å². The number of hydrogen-bond acceptors (Lipinski definition) is 4. The molecule has 0 saturated carbocycles. The average Bonchev–Trinajstić information content (AvgIpc) is 3.08. The molecular formula is C27H25N5O. The van der Waals surface area contributed by atoms with Crippen LogP contribution < -0.4 is 11.1 Å². The van der Waals surface area contributed by atoms with E-state index >= 15 is 0 Å². The lowest BCUT2D eigenvalue weighted by Gasteiger charge is -2.14. The van der Waals surface area contributed by atoms with Gasteiger partial charge >= 0.3 is 0 Å². The van der Waals surface area contributed by atoms with Gasteiger partial charge in [0.2, 0.25) is 0 Å². The smallest absolute Gasteiger partial charge is 0.257 e. The number of nitrogens with two attached hydrogens (primary N) is 1. The molecule has 6 nitrogen and oxygen atoms in total. The summed E-state index contributed by atoms with van der Waals surface area (Å²) in [5, 5.41) is 3.08. The number of anilines is 1. The van der Waals surface area contributed by atoms with Crippen molar-refractivity contribution in [3.8, 4) is 5.69 Å². The number of rotatable bonds is 4. The summed E-state index contributed by atoms with van der Waals surface area (Å²) >= 11 is 0. The fourth-order valence-corrected chi connectivity index (χ4v) is 4.32. The van der Waals surface area contributed by atoms with Crippen LogP contribution in [-0.4, -0.2) is 20.4 Å². The summed E-state index contributed by atoms with van der Waals surface area (Å²) in [4.78, 5) is 23.2. The minimum Gasteiger partial charge on any atom is -0.384 e. The van der Waals surface area contributed by atoms with Crippen molar-refractivity contribution >= 4 is 33.9 Å². The van der Waals surface area contributed by atoms with Gasteiger partial charge in [-0.3, -0.25) is 9.36 Å². The molecule has 0 aliphatic rings. The molecule has 6 heteroatoms. The van der Waals surface area contributed by atoms with Gasteiger partial charge in [-0.1, -0.05) is 48.5 Å². The zero-order valence-electron chi connectivity index (χ0n) is 18.8. The maximum Gasteiger partial charge on any atom is 0.257 e. The van der Waals surface area contributed by atoms with Gasteiger partial charge in [0.05, 0.1) is 17.1 Å². The van der Waals surface area contributed by atoms with Gasteiger partial charge in [-0.2, -0.15) is 0 Å². The van der Waals surface area contributed by atoms with Crippen molar-refractivity contribution in [1.82, 2.24) is 19.9 Å². The van der Waals surface area contributed by atoms with E-state index in [-0.39, 0.29) is 11.9 Å². The summed E-state index contributed by atoms with van der Waals surface area (Å²) in [7, 11) is 0. The lowest BCUT2D eigenvalue weighted by molar-refractivity contribution is 0.0942. The van der Waals surface area contributed by atoms with Crippen molar-refractivity contribution in [2.45, 2.75) is 26.8 Å². The van der Waals surface area contributed by atoms with E-state index in [1.807, 2.05) is 92.1 Å². The second-order valence-electron chi connectivity index (χ2n) is 8.43. The van der Waals surface area contributed by atoms with Crippen LogP contribution in [0.4, 0.5) is 5.82 Å². The number of nitrogen functional groups attached to an aromatic ring is 1. The largest absolute Gasteiger partial charge is 0.384 e. The van der Waals surface area contributed by atoms with E-state index in [1.54, 1.807) is 0 Å². The number of hydrogen-bond donors (Lipinski definition) is 2. The maximum atomic E-state index is 13.5. The Bertz CT molecular complexity index is 1480. The highest BCUT2D eigenvalue weighted by molar-refractivity contribution is 6.11. The Morgan fingerprint density at radius 3 is 2.18 bits per heavy atom. The predicted octanol–water partition coefficient (Wildman–Crippen LogP) is 5.26. The maximum absolute atomic E-state index is 13.5. The van der Waals surface area contributed by atoms with Gasteiger partial charge in [-0.15, -0.1) is 0 Å². The summed E-state index contributed by atoms with van der Waals surface area (Å²) in [6, 6.07) is 23.4. The van der Waals surface area contributed by atoms with E-state index in [0.29, 0.717) is 28.1 Å². The summed E-state index contributed by atoms with van der Waals surface area (Å²) < 4.78 is 1.83. The zero-order chi connectivity index (χ0) is 23.1. The fourth-order valence-electron chi connectivity index (χ4n) is 4.32. The van der Waals surface area contributed by atoms with Crippen LogP contribution >= 0.6 is 0 Å². The third-order valence-electron chi connectivity index (χ3n) is 5.84. The van der Waals surface area contributed by atoms with Gasteiger partial charge in [0.25, 0.3) is 5.91 Å². The van der Waals surface area contributed by atoms with Gasteiger partial charge in [0.15, 0.2) is 5.65 Å². The van der Waals surface area contributed by atoms with E-state index < -0.39 is 0 Å². The summed E-state index contributed by atoms with van der Waals surface area (Å²) in [6.45, 7) is 6.02. The minimum atomic E-state index is -0.276. The molecule has 0 aliphatic carbocycles. The number of carbonyl (C=O) groups is 1. The van der Waals surface area contributed by atoms with Crippen LogP contribution in [0.3, 0.4) is 0 Å². The lowest BCUT2D eigenvalue weighted by atomic mass is 10.1. The number of nitrogens with one attached hydrogen (secondary N) is 1. The first-order valence-electron chi connectivity index (χ1n) is 10.9. The Labute approximate surface area is 192 Å². The molecule has 1 atom stereocenters. The van der Waals surface area contributed by atoms with E-state index in [0.717, 1.165) is 27.9 Å². The third-order valence-corrected chi connectivity index (χ3v) is 5.84.